The third kappa shape index (κ3) is 2.23. The first kappa shape index (κ1) is 12.6. The van der Waals surface area contributed by atoms with Gasteiger partial charge >= 0.3 is 6.03 Å². The third-order valence-electron chi connectivity index (χ3n) is 3.61. The summed E-state index contributed by atoms with van der Waals surface area (Å²) in [5.41, 5.74) is 0. The Morgan fingerprint density at radius 2 is 2.00 bits per heavy atom. The number of urea groups is 1. The minimum atomic E-state index is -1.05. The molecule has 2 unspecified atom stereocenters. The molecule has 2 aliphatic heterocycles. The van der Waals surface area contributed by atoms with E-state index < -0.39 is 30.4 Å². The van der Waals surface area contributed by atoms with Crippen LogP contribution in [0.25, 0.3) is 0 Å². The Balaban J connectivity index is 2.05. The van der Waals surface area contributed by atoms with Crippen molar-refractivity contribution in [1.82, 2.24) is 15.5 Å². The number of amides is 2. The molecule has 0 aromatic heterocycles. The number of nitrogens with one attached hydrogen (secondary N) is 2. The van der Waals surface area contributed by atoms with E-state index in [0.29, 0.717) is 19.5 Å². The highest BCUT2D eigenvalue weighted by molar-refractivity contribution is 5.73. The van der Waals surface area contributed by atoms with Crippen LogP contribution in [-0.4, -0.2) is 76.8 Å². The lowest BCUT2D eigenvalue weighted by Gasteiger charge is -2.42. The molecule has 17 heavy (non-hydrogen) atoms. The van der Waals surface area contributed by atoms with E-state index in [2.05, 4.69) is 10.6 Å². The second-order valence-corrected chi connectivity index (χ2v) is 4.65. The normalized spacial score (nSPS) is 42.0. The zero-order chi connectivity index (χ0) is 12.6. The molecule has 98 valence electrons. The van der Waals surface area contributed by atoms with Crippen molar-refractivity contribution >= 4 is 6.03 Å². The van der Waals surface area contributed by atoms with Gasteiger partial charge in [0.25, 0.3) is 0 Å². The molecule has 2 fully saturated rings. The second-order valence-electron chi connectivity index (χ2n) is 4.65. The summed E-state index contributed by atoms with van der Waals surface area (Å²) in [6.45, 7) is 1.11. The molecule has 0 radical (unpaired) electrons. The molecule has 0 aromatic carbocycles. The highest BCUT2D eigenvalue weighted by Gasteiger charge is 2.48. The first-order valence-corrected chi connectivity index (χ1v) is 5.81. The van der Waals surface area contributed by atoms with Crippen LogP contribution in [0.15, 0.2) is 0 Å². The van der Waals surface area contributed by atoms with Crippen molar-refractivity contribution in [2.75, 3.05) is 20.1 Å². The lowest BCUT2D eigenvalue weighted by Crippen LogP contribution is -2.66. The monoisotopic (exact) mass is 245 g/mol. The maximum absolute atomic E-state index is 11.2. The molecule has 2 saturated heterocycles. The number of aliphatic hydroxyl groups excluding tert-OH is 3. The molecule has 7 heteroatoms. The SMILES string of the molecule is CNC(=O)N[C@H]1CN2CCC(O)C2[C@@H](O)[C@@H]1O. The number of hydrogen-bond donors (Lipinski definition) is 5. The summed E-state index contributed by atoms with van der Waals surface area (Å²) in [6, 6.07) is -1.33. The molecular weight excluding hydrogens is 226 g/mol. The smallest absolute Gasteiger partial charge is 0.314 e. The largest absolute Gasteiger partial charge is 0.391 e. The van der Waals surface area contributed by atoms with Crippen LogP contribution < -0.4 is 10.6 Å². The number of aliphatic hydroxyl groups is 3. The molecule has 2 heterocycles. The molecule has 0 aliphatic carbocycles. The van der Waals surface area contributed by atoms with Gasteiger partial charge in [-0.25, -0.2) is 4.79 Å². The Bertz CT molecular complexity index is 301. The van der Waals surface area contributed by atoms with Crippen LogP contribution in [0.1, 0.15) is 6.42 Å². The molecule has 5 atom stereocenters. The van der Waals surface area contributed by atoms with Crippen molar-refractivity contribution in [2.45, 2.75) is 36.8 Å². The first-order valence-electron chi connectivity index (χ1n) is 5.81. The molecule has 7 nitrogen and oxygen atoms in total. The van der Waals surface area contributed by atoms with Gasteiger partial charge in [0.05, 0.1) is 24.3 Å². The van der Waals surface area contributed by atoms with Gasteiger partial charge in [0.15, 0.2) is 0 Å². The van der Waals surface area contributed by atoms with Crippen molar-refractivity contribution in [2.24, 2.45) is 0 Å². The maximum atomic E-state index is 11.2. The van der Waals surface area contributed by atoms with Crippen LogP contribution in [0, 0.1) is 0 Å². The predicted octanol–water partition coefficient (Wildman–Crippen LogP) is -2.55. The van der Waals surface area contributed by atoms with Gasteiger partial charge in [-0.1, -0.05) is 0 Å². The van der Waals surface area contributed by atoms with Crippen LogP contribution in [0.5, 0.6) is 0 Å². The number of piperidine rings is 1. The Morgan fingerprint density at radius 1 is 1.29 bits per heavy atom. The van der Waals surface area contributed by atoms with Crippen LogP contribution in [0.4, 0.5) is 4.79 Å². The highest BCUT2D eigenvalue weighted by atomic mass is 16.3. The van der Waals surface area contributed by atoms with E-state index in [-0.39, 0.29) is 6.03 Å². The van der Waals surface area contributed by atoms with Gasteiger partial charge in [0, 0.05) is 20.1 Å². The van der Waals surface area contributed by atoms with Crippen molar-refractivity contribution in [3.63, 3.8) is 0 Å². The Hall–Kier alpha value is -0.890. The van der Waals surface area contributed by atoms with Gasteiger partial charge in [-0.15, -0.1) is 0 Å². The number of carbonyl (C=O) groups excluding carboxylic acids is 1. The van der Waals surface area contributed by atoms with Crippen molar-refractivity contribution in [3.05, 3.63) is 0 Å². The van der Waals surface area contributed by atoms with E-state index in [9.17, 15) is 20.1 Å². The van der Waals surface area contributed by atoms with E-state index in [0.717, 1.165) is 0 Å². The Kier molecular flexibility index (Phi) is 3.53. The van der Waals surface area contributed by atoms with Gasteiger partial charge in [0.1, 0.15) is 6.10 Å². The molecule has 0 aromatic rings. The summed E-state index contributed by atoms with van der Waals surface area (Å²) in [7, 11) is 1.49. The van der Waals surface area contributed by atoms with Crippen molar-refractivity contribution < 1.29 is 20.1 Å². The predicted molar refractivity (Wildman–Crippen MR) is 59.4 cm³/mol. The third-order valence-corrected chi connectivity index (χ3v) is 3.61. The number of nitrogens with zero attached hydrogens (tertiary/aromatic N) is 1. The van der Waals surface area contributed by atoms with E-state index in [1.165, 1.54) is 7.05 Å². The minimum Gasteiger partial charge on any atom is -0.391 e. The molecule has 2 amide bonds. The first-order chi connectivity index (χ1) is 8.04. The molecule has 5 N–H and O–H groups in total. The van der Waals surface area contributed by atoms with Gasteiger partial charge < -0.3 is 26.0 Å². The average molecular weight is 245 g/mol. The highest BCUT2D eigenvalue weighted by Crippen LogP contribution is 2.28. The van der Waals surface area contributed by atoms with E-state index >= 15 is 0 Å². The lowest BCUT2D eigenvalue weighted by molar-refractivity contribution is -0.0992. The molecular formula is C10H19N3O4. The summed E-state index contributed by atoms with van der Waals surface area (Å²) >= 11 is 0. The fourth-order valence-electron chi connectivity index (χ4n) is 2.69. The lowest BCUT2D eigenvalue weighted by atomic mass is 9.91. The van der Waals surface area contributed by atoms with Crippen LogP contribution in [0.2, 0.25) is 0 Å². The van der Waals surface area contributed by atoms with E-state index in [4.69, 9.17) is 0 Å². The number of fused-ring (bicyclic) bond motifs is 1. The second kappa shape index (κ2) is 4.77. The fraction of sp³-hybridized carbons (Fsp3) is 0.900. The van der Waals surface area contributed by atoms with Crippen LogP contribution in [0.3, 0.4) is 0 Å². The molecule has 2 rings (SSSR count). The molecule has 0 saturated carbocycles. The number of carbonyl (C=O) groups is 1. The van der Waals surface area contributed by atoms with E-state index in [1.807, 2.05) is 4.90 Å². The summed E-state index contributed by atoms with van der Waals surface area (Å²) in [4.78, 5) is 13.1. The Morgan fingerprint density at radius 3 is 2.65 bits per heavy atom. The Labute approximate surface area is 99.4 Å². The summed E-state index contributed by atoms with van der Waals surface area (Å²) in [5, 5.41) is 34.6. The van der Waals surface area contributed by atoms with Crippen molar-refractivity contribution in [1.29, 1.82) is 0 Å². The summed E-state index contributed by atoms with van der Waals surface area (Å²) in [6.07, 6.45) is -2.12. The quantitative estimate of drug-likeness (QED) is 0.350. The van der Waals surface area contributed by atoms with Crippen molar-refractivity contribution in [3.8, 4) is 0 Å². The van der Waals surface area contributed by atoms with Gasteiger partial charge in [-0.3, -0.25) is 4.90 Å². The average Bonchev–Trinajstić information content (AvgIpc) is 2.67. The molecule has 0 bridgehead atoms. The van der Waals surface area contributed by atoms with Gasteiger partial charge in [-0.05, 0) is 6.42 Å². The number of hydrogen-bond acceptors (Lipinski definition) is 5. The van der Waals surface area contributed by atoms with E-state index in [1.54, 1.807) is 0 Å². The molecule has 2 aliphatic rings. The zero-order valence-electron chi connectivity index (χ0n) is 9.71. The summed E-state index contributed by atoms with van der Waals surface area (Å²) in [5.74, 6) is 0. The molecule has 0 spiro atoms. The summed E-state index contributed by atoms with van der Waals surface area (Å²) < 4.78 is 0. The zero-order valence-corrected chi connectivity index (χ0v) is 9.71. The van der Waals surface area contributed by atoms with Gasteiger partial charge in [-0.2, -0.15) is 0 Å². The standard InChI is InChI=1S/C10H19N3O4/c1-11-10(17)12-5-4-13-3-2-6(14)7(13)9(16)8(5)15/h5-9,14-16H,2-4H2,1H3,(H2,11,12,17)/t5-,6?,7?,8+,9+/m0/s1. The maximum Gasteiger partial charge on any atom is 0.314 e. The fourth-order valence-corrected chi connectivity index (χ4v) is 2.69. The van der Waals surface area contributed by atoms with Crippen LogP contribution in [-0.2, 0) is 0 Å². The topological polar surface area (TPSA) is 105 Å². The van der Waals surface area contributed by atoms with Crippen LogP contribution >= 0.6 is 0 Å². The minimum absolute atomic E-state index is 0.389. The number of rotatable bonds is 1. The van der Waals surface area contributed by atoms with Gasteiger partial charge in [0.2, 0.25) is 0 Å².